The van der Waals surface area contributed by atoms with Gasteiger partial charge in [0.05, 0.1) is 17.6 Å². The van der Waals surface area contributed by atoms with Gasteiger partial charge < -0.3 is 9.64 Å². The van der Waals surface area contributed by atoms with E-state index in [0.29, 0.717) is 33.3 Å². The molecule has 5 nitrogen and oxygen atoms in total. The molecule has 1 aliphatic heterocycles. The molecule has 3 rings (SSSR count). The van der Waals surface area contributed by atoms with E-state index < -0.39 is 15.9 Å². The van der Waals surface area contributed by atoms with Crippen LogP contribution in [0.15, 0.2) is 42.5 Å². The molecule has 156 valence electrons. The Morgan fingerprint density at radius 2 is 1.86 bits per heavy atom. The summed E-state index contributed by atoms with van der Waals surface area (Å²) < 4.78 is 29.7. The van der Waals surface area contributed by atoms with Gasteiger partial charge in [-0.25, -0.2) is 8.42 Å². The number of rotatable bonds is 6. The van der Waals surface area contributed by atoms with Gasteiger partial charge in [-0.1, -0.05) is 29.3 Å². The first-order valence-corrected chi connectivity index (χ1v) is 11.9. The van der Waals surface area contributed by atoms with Gasteiger partial charge in [-0.3, -0.25) is 4.79 Å². The van der Waals surface area contributed by atoms with Gasteiger partial charge >= 0.3 is 0 Å². The summed E-state index contributed by atoms with van der Waals surface area (Å²) in [4.78, 5) is 14.9. The lowest BCUT2D eigenvalue weighted by Crippen LogP contribution is -2.40. The lowest BCUT2D eigenvalue weighted by Gasteiger charge is -2.29. The molecule has 0 saturated carbocycles. The molecule has 2 aromatic rings. The van der Waals surface area contributed by atoms with Crippen molar-refractivity contribution in [3.8, 4) is 5.75 Å². The number of hydrogen-bond donors (Lipinski definition) is 0. The maximum absolute atomic E-state index is 13.3. The average molecular weight is 456 g/mol. The largest absolute Gasteiger partial charge is 0.491 e. The third-order valence-electron chi connectivity index (χ3n) is 4.74. The van der Waals surface area contributed by atoms with Gasteiger partial charge in [0.1, 0.15) is 5.75 Å². The molecule has 0 aliphatic carbocycles. The van der Waals surface area contributed by atoms with E-state index in [4.69, 9.17) is 27.9 Å². The van der Waals surface area contributed by atoms with Crippen LogP contribution in [-0.2, 0) is 16.4 Å². The molecule has 0 N–H and O–H groups in total. The summed E-state index contributed by atoms with van der Waals surface area (Å²) in [6.45, 7) is 4.06. The highest BCUT2D eigenvalue weighted by molar-refractivity contribution is 7.91. The molecule has 0 aromatic heterocycles. The Balaban J connectivity index is 1.88. The number of sulfone groups is 1. The number of carbonyl (C=O) groups excluding carboxylic acids is 1. The van der Waals surface area contributed by atoms with Crippen LogP contribution in [0.25, 0.3) is 0 Å². The van der Waals surface area contributed by atoms with Crippen LogP contribution in [0.4, 0.5) is 0 Å². The van der Waals surface area contributed by atoms with Gasteiger partial charge in [-0.2, -0.15) is 0 Å². The molecule has 0 bridgehead atoms. The Morgan fingerprint density at radius 1 is 1.17 bits per heavy atom. The van der Waals surface area contributed by atoms with Crippen molar-refractivity contribution in [1.82, 2.24) is 4.90 Å². The van der Waals surface area contributed by atoms with Gasteiger partial charge in [0, 0.05) is 28.2 Å². The van der Waals surface area contributed by atoms with Crippen LogP contribution < -0.4 is 4.74 Å². The van der Waals surface area contributed by atoms with Crippen molar-refractivity contribution in [2.24, 2.45) is 0 Å². The van der Waals surface area contributed by atoms with Crippen molar-refractivity contribution in [1.29, 1.82) is 0 Å². The smallest absolute Gasteiger partial charge is 0.254 e. The fraction of sp³-hybridized carbons (Fsp3) is 0.381. The molecule has 1 heterocycles. The van der Waals surface area contributed by atoms with Crippen LogP contribution in [-0.4, -0.2) is 42.9 Å². The second kappa shape index (κ2) is 8.94. The fourth-order valence-corrected chi connectivity index (χ4v) is 5.53. The third-order valence-corrected chi connectivity index (χ3v) is 7.08. The SMILES string of the molecule is CC(C)Oc1ccc(C(=O)N(Cc2ccc(Cl)cc2Cl)[C@@H]2CCS(=O)(=O)C2)cc1. The zero-order valence-electron chi connectivity index (χ0n) is 16.3. The molecule has 8 heteroatoms. The predicted octanol–water partition coefficient (Wildman–Crippen LogP) is 4.61. The topological polar surface area (TPSA) is 63.7 Å². The maximum atomic E-state index is 13.3. The summed E-state index contributed by atoms with van der Waals surface area (Å²) in [7, 11) is -3.15. The number of nitrogens with zero attached hydrogens (tertiary/aromatic N) is 1. The minimum absolute atomic E-state index is 0.0313. The second-order valence-electron chi connectivity index (χ2n) is 7.42. The normalized spacial score (nSPS) is 18.0. The molecule has 0 spiro atoms. The molecule has 0 radical (unpaired) electrons. The Kier molecular flexibility index (Phi) is 6.76. The monoisotopic (exact) mass is 455 g/mol. The number of ether oxygens (including phenoxy) is 1. The first-order valence-electron chi connectivity index (χ1n) is 9.36. The molecular formula is C21H23Cl2NO4S. The van der Waals surface area contributed by atoms with Crippen molar-refractivity contribution in [2.45, 2.75) is 39.0 Å². The molecule has 1 amide bonds. The number of benzene rings is 2. The van der Waals surface area contributed by atoms with E-state index >= 15 is 0 Å². The van der Waals surface area contributed by atoms with Gasteiger partial charge in [0.2, 0.25) is 0 Å². The Labute approximate surface area is 181 Å². The van der Waals surface area contributed by atoms with E-state index in [1.807, 2.05) is 13.8 Å². The fourth-order valence-electron chi connectivity index (χ4n) is 3.34. The van der Waals surface area contributed by atoms with Crippen LogP contribution in [0.2, 0.25) is 10.0 Å². The van der Waals surface area contributed by atoms with E-state index in [1.54, 1.807) is 47.4 Å². The van der Waals surface area contributed by atoms with Crippen molar-refractivity contribution < 1.29 is 17.9 Å². The first-order chi connectivity index (χ1) is 13.6. The highest BCUT2D eigenvalue weighted by atomic mass is 35.5. The van der Waals surface area contributed by atoms with E-state index in [2.05, 4.69) is 0 Å². The number of amides is 1. The zero-order chi connectivity index (χ0) is 21.2. The van der Waals surface area contributed by atoms with Crippen LogP contribution in [0.3, 0.4) is 0 Å². The summed E-state index contributed by atoms with van der Waals surface area (Å²) in [5.41, 5.74) is 1.18. The molecule has 1 fully saturated rings. The number of hydrogen-bond acceptors (Lipinski definition) is 4. The first kappa shape index (κ1) is 21.9. The molecule has 2 aromatic carbocycles. The quantitative estimate of drug-likeness (QED) is 0.637. The number of halogens is 2. The Bertz CT molecular complexity index is 990. The molecule has 29 heavy (non-hydrogen) atoms. The highest BCUT2D eigenvalue weighted by Gasteiger charge is 2.35. The molecule has 1 aliphatic rings. The predicted molar refractivity (Wildman–Crippen MR) is 116 cm³/mol. The van der Waals surface area contributed by atoms with Crippen LogP contribution in [0, 0.1) is 0 Å². The summed E-state index contributed by atoms with van der Waals surface area (Å²) in [5, 5.41) is 0.942. The average Bonchev–Trinajstić information content (AvgIpc) is 3.00. The van der Waals surface area contributed by atoms with Crippen LogP contribution in [0.5, 0.6) is 5.75 Å². The summed E-state index contributed by atoms with van der Waals surface area (Å²) in [6, 6.07) is 11.6. The van der Waals surface area contributed by atoms with Gasteiger partial charge in [-0.05, 0) is 62.2 Å². The van der Waals surface area contributed by atoms with Gasteiger partial charge in [0.25, 0.3) is 5.91 Å². The molecule has 0 unspecified atom stereocenters. The zero-order valence-corrected chi connectivity index (χ0v) is 18.6. The van der Waals surface area contributed by atoms with Crippen molar-refractivity contribution in [2.75, 3.05) is 11.5 Å². The van der Waals surface area contributed by atoms with E-state index in [1.165, 1.54) is 0 Å². The van der Waals surface area contributed by atoms with E-state index in [-0.39, 0.29) is 30.1 Å². The van der Waals surface area contributed by atoms with Crippen molar-refractivity contribution in [3.05, 3.63) is 63.6 Å². The van der Waals surface area contributed by atoms with Crippen molar-refractivity contribution in [3.63, 3.8) is 0 Å². The van der Waals surface area contributed by atoms with Crippen LogP contribution >= 0.6 is 23.2 Å². The van der Waals surface area contributed by atoms with E-state index in [9.17, 15) is 13.2 Å². The summed E-state index contributed by atoms with van der Waals surface area (Å²) in [5.74, 6) is 0.469. The molecule has 1 atom stereocenters. The van der Waals surface area contributed by atoms with Gasteiger partial charge in [-0.15, -0.1) is 0 Å². The third kappa shape index (κ3) is 5.65. The van der Waals surface area contributed by atoms with Gasteiger partial charge in [0.15, 0.2) is 9.84 Å². The second-order valence-corrected chi connectivity index (χ2v) is 10.5. The molecular weight excluding hydrogens is 433 g/mol. The number of carbonyl (C=O) groups is 1. The minimum atomic E-state index is -3.15. The summed E-state index contributed by atoms with van der Waals surface area (Å²) >= 11 is 12.3. The summed E-state index contributed by atoms with van der Waals surface area (Å²) in [6.07, 6.45) is 0.442. The Hall–Kier alpha value is -1.76. The van der Waals surface area contributed by atoms with E-state index in [0.717, 1.165) is 0 Å². The standard InChI is InChI=1S/C21H23Cl2NO4S/c1-14(2)28-19-7-4-15(5-8-19)21(25)24(18-9-10-29(26,27)13-18)12-16-3-6-17(22)11-20(16)23/h3-8,11,14,18H,9-10,12-13H2,1-2H3/t18-/m1/s1. The lowest BCUT2D eigenvalue weighted by molar-refractivity contribution is 0.0681. The lowest BCUT2D eigenvalue weighted by atomic mass is 10.1. The Morgan fingerprint density at radius 3 is 2.41 bits per heavy atom. The van der Waals surface area contributed by atoms with Crippen molar-refractivity contribution >= 4 is 38.9 Å². The molecule has 1 saturated heterocycles. The maximum Gasteiger partial charge on any atom is 0.254 e. The minimum Gasteiger partial charge on any atom is -0.491 e. The highest BCUT2D eigenvalue weighted by Crippen LogP contribution is 2.27. The van der Waals surface area contributed by atoms with Crippen LogP contribution in [0.1, 0.15) is 36.2 Å².